The topological polar surface area (TPSA) is 66.0 Å². The number of rotatable bonds is 5. The summed E-state index contributed by atoms with van der Waals surface area (Å²) in [6, 6.07) is 7.80. The summed E-state index contributed by atoms with van der Waals surface area (Å²) < 4.78 is 7.35. The molecule has 0 amide bonds. The molecule has 1 atom stereocenters. The van der Waals surface area contributed by atoms with Gasteiger partial charge < -0.3 is 10.5 Å². The van der Waals surface area contributed by atoms with Crippen molar-refractivity contribution >= 4 is 0 Å². The minimum absolute atomic E-state index is 0.104. The van der Waals surface area contributed by atoms with Crippen molar-refractivity contribution in [1.82, 2.24) is 15.0 Å². The Kier molecular flexibility index (Phi) is 4.16. The van der Waals surface area contributed by atoms with Crippen LogP contribution in [0.25, 0.3) is 0 Å². The zero-order chi connectivity index (χ0) is 13.8. The van der Waals surface area contributed by atoms with Crippen LogP contribution >= 0.6 is 0 Å². The van der Waals surface area contributed by atoms with Gasteiger partial charge >= 0.3 is 0 Å². The lowest BCUT2D eigenvalue weighted by Crippen LogP contribution is -2.14. The highest BCUT2D eigenvalue weighted by atomic mass is 16.5. The van der Waals surface area contributed by atoms with Crippen LogP contribution in [0.3, 0.4) is 0 Å². The maximum Gasteiger partial charge on any atom is 0.120 e. The highest BCUT2D eigenvalue weighted by Gasteiger charge is 2.10. The van der Waals surface area contributed by atoms with Crippen LogP contribution in [-0.2, 0) is 13.5 Å². The SMILES string of the molecule is CC(C)Oc1cccc(C(N)Cc2cn(C)nn2)c1. The summed E-state index contributed by atoms with van der Waals surface area (Å²) in [6.45, 7) is 4.01. The molecule has 2 N–H and O–H groups in total. The molecule has 1 unspecified atom stereocenters. The minimum atomic E-state index is -0.104. The molecule has 5 heteroatoms. The van der Waals surface area contributed by atoms with Crippen LogP contribution in [0.1, 0.15) is 31.1 Å². The first-order valence-electron chi connectivity index (χ1n) is 6.42. The third-order valence-corrected chi connectivity index (χ3v) is 2.74. The first-order chi connectivity index (χ1) is 9.04. The largest absolute Gasteiger partial charge is 0.491 e. The highest BCUT2D eigenvalue weighted by Crippen LogP contribution is 2.21. The molecule has 1 aromatic carbocycles. The van der Waals surface area contributed by atoms with Gasteiger partial charge in [-0.2, -0.15) is 0 Å². The van der Waals surface area contributed by atoms with E-state index in [1.807, 2.05) is 51.4 Å². The molecule has 0 aliphatic rings. The van der Waals surface area contributed by atoms with Gasteiger partial charge in [0.1, 0.15) is 5.75 Å². The Morgan fingerprint density at radius 1 is 1.37 bits per heavy atom. The average Bonchev–Trinajstić information content (AvgIpc) is 2.74. The Morgan fingerprint density at radius 3 is 2.79 bits per heavy atom. The molecular weight excluding hydrogens is 240 g/mol. The maximum absolute atomic E-state index is 6.20. The molecule has 1 heterocycles. The molecule has 0 saturated heterocycles. The number of ether oxygens (including phenoxy) is 1. The van der Waals surface area contributed by atoms with Gasteiger partial charge in [0, 0.05) is 25.7 Å². The second kappa shape index (κ2) is 5.84. The average molecular weight is 260 g/mol. The monoisotopic (exact) mass is 260 g/mol. The Bertz CT molecular complexity index is 536. The second-order valence-corrected chi connectivity index (χ2v) is 4.93. The molecule has 102 valence electrons. The first kappa shape index (κ1) is 13.5. The molecule has 0 aliphatic heterocycles. The van der Waals surface area contributed by atoms with E-state index in [4.69, 9.17) is 10.5 Å². The summed E-state index contributed by atoms with van der Waals surface area (Å²) in [5, 5.41) is 7.96. The summed E-state index contributed by atoms with van der Waals surface area (Å²) in [4.78, 5) is 0. The molecule has 0 bridgehead atoms. The van der Waals surface area contributed by atoms with Crippen LogP contribution in [0.15, 0.2) is 30.5 Å². The third-order valence-electron chi connectivity index (χ3n) is 2.74. The molecule has 19 heavy (non-hydrogen) atoms. The fraction of sp³-hybridized carbons (Fsp3) is 0.429. The molecule has 1 aromatic heterocycles. The van der Waals surface area contributed by atoms with Crippen molar-refractivity contribution in [1.29, 1.82) is 0 Å². The number of nitrogens with two attached hydrogens (primary N) is 1. The fourth-order valence-corrected chi connectivity index (χ4v) is 1.92. The molecule has 0 radical (unpaired) electrons. The van der Waals surface area contributed by atoms with Gasteiger partial charge in [0.05, 0.1) is 11.8 Å². The lowest BCUT2D eigenvalue weighted by molar-refractivity contribution is 0.242. The Labute approximate surface area is 113 Å². The van der Waals surface area contributed by atoms with Crippen molar-refractivity contribution in [2.45, 2.75) is 32.4 Å². The van der Waals surface area contributed by atoms with Gasteiger partial charge in [0.2, 0.25) is 0 Å². The summed E-state index contributed by atoms with van der Waals surface area (Å²) >= 11 is 0. The van der Waals surface area contributed by atoms with Crippen molar-refractivity contribution in [2.75, 3.05) is 0 Å². The molecule has 2 rings (SSSR count). The third kappa shape index (κ3) is 3.79. The van der Waals surface area contributed by atoms with Gasteiger partial charge in [-0.1, -0.05) is 17.3 Å². The van der Waals surface area contributed by atoms with Crippen molar-refractivity contribution in [2.24, 2.45) is 12.8 Å². The number of aryl methyl sites for hydroxylation is 1. The fourth-order valence-electron chi connectivity index (χ4n) is 1.92. The smallest absolute Gasteiger partial charge is 0.120 e. The Balaban J connectivity index is 2.08. The lowest BCUT2D eigenvalue weighted by atomic mass is 10.0. The molecule has 2 aromatic rings. The number of aromatic nitrogens is 3. The number of nitrogens with zero attached hydrogens (tertiary/aromatic N) is 3. The van der Waals surface area contributed by atoms with Crippen LogP contribution < -0.4 is 10.5 Å². The normalized spacial score (nSPS) is 12.7. The van der Waals surface area contributed by atoms with Crippen molar-refractivity contribution < 1.29 is 4.74 Å². The van der Waals surface area contributed by atoms with Gasteiger partial charge in [0.25, 0.3) is 0 Å². The molecule has 0 saturated carbocycles. The van der Waals surface area contributed by atoms with E-state index < -0.39 is 0 Å². The minimum Gasteiger partial charge on any atom is -0.491 e. The number of benzene rings is 1. The molecule has 5 nitrogen and oxygen atoms in total. The standard InChI is InChI=1S/C14H20N4O/c1-10(2)19-13-6-4-5-11(7-13)14(15)8-12-9-18(3)17-16-12/h4-7,9-10,14H,8,15H2,1-3H3. The van der Waals surface area contributed by atoms with E-state index in [0.717, 1.165) is 17.0 Å². The van der Waals surface area contributed by atoms with Crippen LogP contribution in [0, 0.1) is 0 Å². The predicted octanol–water partition coefficient (Wildman–Crippen LogP) is 1.84. The van der Waals surface area contributed by atoms with Gasteiger partial charge in [-0.05, 0) is 31.5 Å². The first-order valence-corrected chi connectivity index (χ1v) is 6.42. The van der Waals surface area contributed by atoms with Crippen molar-refractivity contribution in [3.63, 3.8) is 0 Å². The summed E-state index contributed by atoms with van der Waals surface area (Å²) in [5.41, 5.74) is 8.14. The van der Waals surface area contributed by atoms with E-state index in [0.29, 0.717) is 6.42 Å². The molecule has 0 spiro atoms. The highest BCUT2D eigenvalue weighted by molar-refractivity contribution is 5.31. The van der Waals surface area contributed by atoms with Crippen LogP contribution in [0.4, 0.5) is 0 Å². The van der Waals surface area contributed by atoms with Crippen molar-refractivity contribution in [3.8, 4) is 5.75 Å². The summed E-state index contributed by atoms with van der Waals surface area (Å²) in [6.07, 6.45) is 2.71. The van der Waals surface area contributed by atoms with Crippen molar-refractivity contribution in [3.05, 3.63) is 41.7 Å². The van der Waals surface area contributed by atoms with E-state index >= 15 is 0 Å². The van der Waals surface area contributed by atoms with Gasteiger partial charge in [-0.15, -0.1) is 5.10 Å². The van der Waals surface area contributed by atoms with E-state index in [-0.39, 0.29) is 12.1 Å². The van der Waals surface area contributed by atoms with E-state index in [9.17, 15) is 0 Å². The molecular formula is C14H20N4O. The predicted molar refractivity (Wildman–Crippen MR) is 73.8 cm³/mol. The second-order valence-electron chi connectivity index (χ2n) is 4.93. The molecule has 0 fully saturated rings. The quantitative estimate of drug-likeness (QED) is 0.891. The zero-order valence-electron chi connectivity index (χ0n) is 11.6. The van der Waals surface area contributed by atoms with E-state index in [2.05, 4.69) is 10.3 Å². The number of hydrogen-bond donors (Lipinski definition) is 1. The van der Waals surface area contributed by atoms with E-state index in [1.165, 1.54) is 0 Å². The van der Waals surface area contributed by atoms with Gasteiger partial charge in [0.15, 0.2) is 0 Å². The zero-order valence-corrected chi connectivity index (χ0v) is 11.6. The van der Waals surface area contributed by atoms with Crippen LogP contribution in [-0.4, -0.2) is 21.1 Å². The van der Waals surface area contributed by atoms with Gasteiger partial charge in [-0.3, -0.25) is 4.68 Å². The summed E-state index contributed by atoms with van der Waals surface area (Å²) in [5.74, 6) is 0.849. The Hall–Kier alpha value is -1.88. The number of hydrogen-bond acceptors (Lipinski definition) is 4. The van der Waals surface area contributed by atoms with E-state index in [1.54, 1.807) is 4.68 Å². The lowest BCUT2D eigenvalue weighted by Gasteiger charge is -2.14. The van der Waals surface area contributed by atoms with Gasteiger partial charge in [-0.25, -0.2) is 0 Å². The maximum atomic E-state index is 6.20. The van der Waals surface area contributed by atoms with Crippen LogP contribution in [0.2, 0.25) is 0 Å². The van der Waals surface area contributed by atoms with Crippen LogP contribution in [0.5, 0.6) is 5.75 Å². The Morgan fingerprint density at radius 2 is 2.16 bits per heavy atom. The summed E-state index contributed by atoms with van der Waals surface area (Å²) in [7, 11) is 1.85. The molecule has 0 aliphatic carbocycles.